The molecule has 0 radical (unpaired) electrons. The van der Waals surface area contributed by atoms with Crippen molar-refractivity contribution >= 4 is 39.3 Å². The van der Waals surface area contributed by atoms with E-state index >= 15 is 0 Å². The Labute approximate surface area is 227 Å². The standard InChI is InChI=1S/C31H32N8/c1-31(2,3)27-20-28(39(37-27)24-12-5-4-6-13-24)36-30-29(33-14-9-16-38-17-15-32-21-38)34-25-18-22-10-7-8-11-23(22)19-26(25)35-30/h4-8,10-13,15,17-21H,9,14,16H2,1-3H3,(H,33,34)(H,35,36). The smallest absolute Gasteiger partial charge is 0.175 e. The molecule has 6 aromatic rings. The molecule has 0 aliphatic carbocycles. The van der Waals surface area contributed by atoms with Crippen molar-refractivity contribution in [2.45, 2.75) is 39.2 Å². The van der Waals surface area contributed by atoms with Gasteiger partial charge in [0, 0.05) is 37.0 Å². The summed E-state index contributed by atoms with van der Waals surface area (Å²) in [6.45, 7) is 8.12. The lowest BCUT2D eigenvalue weighted by atomic mass is 9.92. The van der Waals surface area contributed by atoms with Crippen LogP contribution in [0.15, 0.2) is 91.5 Å². The highest BCUT2D eigenvalue weighted by molar-refractivity contribution is 5.96. The van der Waals surface area contributed by atoms with E-state index in [1.807, 2.05) is 47.5 Å². The van der Waals surface area contributed by atoms with Gasteiger partial charge in [0.15, 0.2) is 11.6 Å². The molecule has 0 unspecified atom stereocenters. The lowest BCUT2D eigenvalue weighted by Crippen LogP contribution is -2.12. The molecule has 0 fully saturated rings. The average molecular weight is 517 g/mol. The minimum atomic E-state index is -0.112. The molecule has 0 saturated carbocycles. The average Bonchev–Trinajstić information content (AvgIpc) is 3.61. The fourth-order valence-corrected chi connectivity index (χ4v) is 4.56. The molecule has 196 valence electrons. The quantitative estimate of drug-likeness (QED) is 0.173. The topological polar surface area (TPSA) is 85.5 Å². The molecule has 0 aliphatic heterocycles. The fraction of sp³-hybridized carbons (Fsp3) is 0.226. The van der Waals surface area contributed by atoms with Gasteiger partial charge in [0.2, 0.25) is 0 Å². The molecular weight excluding hydrogens is 484 g/mol. The summed E-state index contributed by atoms with van der Waals surface area (Å²) >= 11 is 0. The van der Waals surface area contributed by atoms with E-state index in [1.165, 1.54) is 0 Å². The van der Waals surface area contributed by atoms with Crippen LogP contribution >= 0.6 is 0 Å². The summed E-state index contributed by atoms with van der Waals surface area (Å²) in [7, 11) is 0. The second kappa shape index (κ2) is 10.2. The zero-order valence-electron chi connectivity index (χ0n) is 22.5. The van der Waals surface area contributed by atoms with Crippen molar-refractivity contribution in [2.24, 2.45) is 0 Å². The van der Waals surface area contributed by atoms with Gasteiger partial charge in [-0.3, -0.25) is 0 Å². The highest BCUT2D eigenvalue weighted by Crippen LogP contribution is 2.31. The largest absolute Gasteiger partial charge is 0.367 e. The third kappa shape index (κ3) is 5.31. The maximum absolute atomic E-state index is 5.06. The maximum Gasteiger partial charge on any atom is 0.175 e. The third-order valence-corrected chi connectivity index (χ3v) is 6.70. The lowest BCUT2D eigenvalue weighted by Gasteiger charge is -2.15. The summed E-state index contributed by atoms with van der Waals surface area (Å²) in [6.07, 6.45) is 6.54. The lowest BCUT2D eigenvalue weighted by molar-refractivity contribution is 0.560. The van der Waals surface area contributed by atoms with E-state index in [0.717, 1.165) is 58.5 Å². The molecule has 0 saturated heterocycles. The van der Waals surface area contributed by atoms with Gasteiger partial charge >= 0.3 is 0 Å². The van der Waals surface area contributed by atoms with Crippen LogP contribution in [0.5, 0.6) is 0 Å². The summed E-state index contributed by atoms with van der Waals surface area (Å²) < 4.78 is 4.02. The van der Waals surface area contributed by atoms with Crippen molar-refractivity contribution in [2.75, 3.05) is 17.2 Å². The minimum absolute atomic E-state index is 0.112. The van der Waals surface area contributed by atoms with E-state index in [-0.39, 0.29) is 5.41 Å². The fourth-order valence-electron chi connectivity index (χ4n) is 4.56. The van der Waals surface area contributed by atoms with Gasteiger partial charge in [0.05, 0.1) is 28.7 Å². The van der Waals surface area contributed by atoms with Crippen molar-refractivity contribution in [3.8, 4) is 5.69 Å². The Morgan fingerprint density at radius 3 is 2.18 bits per heavy atom. The molecule has 0 atom stereocenters. The number of nitrogens with one attached hydrogen (secondary N) is 2. The van der Waals surface area contributed by atoms with Crippen molar-refractivity contribution < 1.29 is 0 Å². The number of imidazole rings is 1. The Kier molecular flexibility index (Phi) is 6.44. The monoisotopic (exact) mass is 516 g/mol. The molecule has 8 heteroatoms. The Balaban J connectivity index is 1.40. The molecule has 3 aromatic heterocycles. The minimum Gasteiger partial charge on any atom is -0.367 e. The predicted molar refractivity (Wildman–Crippen MR) is 158 cm³/mol. The highest BCUT2D eigenvalue weighted by atomic mass is 15.3. The van der Waals surface area contributed by atoms with Crippen LogP contribution in [0.1, 0.15) is 32.9 Å². The molecule has 39 heavy (non-hydrogen) atoms. The van der Waals surface area contributed by atoms with Gasteiger partial charge in [-0.2, -0.15) is 5.10 Å². The van der Waals surface area contributed by atoms with E-state index in [1.54, 1.807) is 6.20 Å². The van der Waals surface area contributed by atoms with Gasteiger partial charge in [-0.25, -0.2) is 19.6 Å². The van der Waals surface area contributed by atoms with Crippen molar-refractivity contribution in [1.29, 1.82) is 0 Å². The number of anilines is 3. The molecule has 8 nitrogen and oxygen atoms in total. The number of hydrogen-bond acceptors (Lipinski definition) is 6. The van der Waals surface area contributed by atoms with Crippen molar-refractivity contribution in [3.05, 3.63) is 97.2 Å². The second-order valence-electron chi connectivity index (χ2n) is 10.7. The first-order valence-corrected chi connectivity index (χ1v) is 13.3. The number of rotatable bonds is 8. The molecule has 2 N–H and O–H groups in total. The number of para-hydroxylation sites is 1. The summed E-state index contributed by atoms with van der Waals surface area (Å²) in [6, 6.07) is 24.8. The number of benzene rings is 3. The molecule has 6 rings (SSSR count). The van der Waals surface area contributed by atoms with Crippen molar-refractivity contribution in [3.63, 3.8) is 0 Å². The predicted octanol–water partition coefficient (Wildman–Crippen LogP) is 6.71. The molecule has 0 amide bonds. The van der Waals surface area contributed by atoms with Crippen molar-refractivity contribution in [1.82, 2.24) is 29.3 Å². The number of aromatic nitrogens is 6. The Morgan fingerprint density at radius 2 is 1.51 bits per heavy atom. The molecule has 3 heterocycles. The van der Waals surface area contributed by atoms with E-state index in [2.05, 4.69) is 83.4 Å². The summed E-state index contributed by atoms with van der Waals surface area (Å²) in [4.78, 5) is 14.2. The van der Waals surface area contributed by atoms with Gasteiger partial charge in [0.25, 0.3) is 0 Å². The first-order chi connectivity index (χ1) is 18.9. The molecular formula is C31H32N8. The van der Waals surface area contributed by atoms with Gasteiger partial charge in [0.1, 0.15) is 5.82 Å². The molecule has 0 spiro atoms. The van der Waals surface area contributed by atoms with Crippen LogP contribution in [0, 0.1) is 0 Å². The van der Waals surface area contributed by atoms with E-state index in [4.69, 9.17) is 15.1 Å². The van der Waals surface area contributed by atoms with E-state index in [0.29, 0.717) is 11.6 Å². The van der Waals surface area contributed by atoms with Crippen LogP contribution < -0.4 is 10.6 Å². The van der Waals surface area contributed by atoms with Gasteiger partial charge in [-0.15, -0.1) is 0 Å². The Bertz CT molecular complexity index is 1710. The summed E-state index contributed by atoms with van der Waals surface area (Å²) in [5.74, 6) is 2.21. The normalized spacial score (nSPS) is 11.8. The molecule has 0 bridgehead atoms. The van der Waals surface area contributed by atoms with E-state index < -0.39 is 0 Å². The molecule has 0 aliphatic rings. The van der Waals surface area contributed by atoms with Crippen LogP contribution in [0.2, 0.25) is 0 Å². The Hall–Kier alpha value is -4.72. The van der Waals surface area contributed by atoms with Crippen LogP contribution in [-0.4, -0.2) is 35.8 Å². The second-order valence-corrected chi connectivity index (χ2v) is 10.7. The summed E-state index contributed by atoms with van der Waals surface area (Å²) in [5, 5.41) is 14.3. The van der Waals surface area contributed by atoms with Gasteiger partial charge in [-0.1, -0.05) is 63.2 Å². The summed E-state index contributed by atoms with van der Waals surface area (Å²) in [5.41, 5.74) is 3.54. The van der Waals surface area contributed by atoms with Gasteiger partial charge in [-0.05, 0) is 41.5 Å². The van der Waals surface area contributed by atoms with Crippen LogP contribution in [-0.2, 0) is 12.0 Å². The zero-order chi connectivity index (χ0) is 26.8. The number of fused-ring (bicyclic) bond motifs is 2. The first kappa shape index (κ1) is 24.6. The molecule has 3 aromatic carbocycles. The number of aryl methyl sites for hydroxylation is 1. The maximum atomic E-state index is 5.06. The third-order valence-electron chi connectivity index (χ3n) is 6.70. The number of nitrogens with zero attached hydrogens (tertiary/aromatic N) is 6. The van der Waals surface area contributed by atoms with Crippen LogP contribution in [0.4, 0.5) is 17.5 Å². The highest BCUT2D eigenvalue weighted by Gasteiger charge is 2.22. The zero-order valence-corrected chi connectivity index (χ0v) is 22.5. The van der Waals surface area contributed by atoms with Crippen LogP contribution in [0.3, 0.4) is 0 Å². The number of hydrogen-bond donors (Lipinski definition) is 2. The first-order valence-electron chi connectivity index (χ1n) is 13.3. The SMILES string of the molecule is CC(C)(C)c1cc(Nc2nc3cc4ccccc4cc3nc2NCCCn2ccnc2)n(-c2ccccc2)n1. The van der Waals surface area contributed by atoms with E-state index in [9.17, 15) is 0 Å². The Morgan fingerprint density at radius 1 is 0.821 bits per heavy atom. The van der Waals surface area contributed by atoms with Crippen LogP contribution in [0.25, 0.3) is 27.5 Å². The van der Waals surface area contributed by atoms with Gasteiger partial charge < -0.3 is 15.2 Å².